The molecule has 1 amide bonds. The summed E-state index contributed by atoms with van der Waals surface area (Å²) in [4.78, 5) is 36.1. The Morgan fingerprint density at radius 1 is 1.14 bits per heavy atom. The van der Waals surface area contributed by atoms with E-state index in [1.807, 2.05) is 47.8 Å². The predicted octanol–water partition coefficient (Wildman–Crippen LogP) is 4.77. The zero-order chi connectivity index (χ0) is 20.2. The summed E-state index contributed by atoms with van der Waals surface area (Å²) in [7, 11) is 0. The number of para-hydroxylation sites is 1. The number of aromatic amines is 1. The number of amides is 1. The lowest BCUT2D eigenvalue weighted by atomic mass is 10.2. The molecule has 4 aromatic rings. The molecule has 0 radical (unpaired) electrons. The Bertz CT molecular complexity index is 1230. The van der Waals surface area contributed by atoms with Crippen LogP contribution in [0, 0.1) is 0 Å². The first-order valence-electron chi connectivity index (χ1n) is 9.08. The summed E-state index contributed by atoms with van der Waals surface area (Å²) in [6.45, 7) is 0. The van der Waals surface area contributed by atoms with Crippen LogP contribution >= 0.6 is 27.3 Å². The van der Waals surface area contributed by atoms with E-state index in [0.29, 0.717) is 41.1 Å². The number of rotatable bonds is 6. The third kappa shape index (κ3) is 4.78. The second-order valence-electron chi connectivity index (χ2n) is 6.48. The molecule has 0 fully saturated rings. The van der Waals surface area contributed by atoms with Crippen molar-refractivity contribution in [1.29, 1.82) is 0 Å². The van der Waals surface area contributed by atoms with E-state index in [0.717, 1.165) is 15.7 Å². The number of hydrogen-bond acceptors (Lipinski definition) is 5. The molecule has 6 nitrogen and oxygen atoms in total. The largest absolute Gasteiger partial charge is 0.310 e. The zero-order valence-electron chi connectivity index (χ0n) is 15.3. The van der Waals surface area contributed by atoms with Gasteiger partial charge in [0.05, 0.1) is 16.6 Å². The number of hydrogen-bond donors (Lipinski definition) is 2. The molecule has 0 saturated carbocycles. The molecule has 2 aromatic carbocycles. The topological polar surface area (TPSA) is 87.7 Å². The number of nitrogens with zero attached hydrogens (tertiary/aromatic N) is 2. The van der Waals surface area contributed by atoms with Crippen LogP contribution in [0.1, 0.15) is 18.7 Å². The lowest BCUT2D eigenvalue weighted by Crippen LogP contribution is -2.14. The highest BCUT2D eigenvalue weighted by atomic mass is 79.9. The van der Waals surface area contributed by atoms with Gasteiger partial charge in [-0.1, -0.05) is 40.2 Å². The summed E-state index contributed by atoms with van der Waals surface area (Å²) in [6, 6.07) is 15.1. The quantitative estimate of drug-likeness (QED) is 0.426. The Morgan fingerprint density at radius 3 is 2.86 bits per heavy atom. The fourth-order valence-corrected chi connectivity index (χ4v) is 4.10. The first kappa shape index (κ1) is 19.5. The fourth-order valence-electron chi connectivity index (χ4n) is 2.96. The third-order valence-electron chi connectivity index (χ3n) is 4.35. The molecule has 0 spiro atoms. The van der Waals surface area contributed by atoms with Crippen LogP contribution in [0.2, 0.25) is 0 Å². The van der Waals surface area contributed by atoms with E-state index in [2.05, 4.69) is 36.2 Å². The standard InChI is InChI=1S/C21H17BrN4O2S/c22-14-6-3-5-13(11-14)17-12-29-21(24-17)26-19(27)10-4-9-18-23-16-8-2-1-7-15(16)20(28)25-18/h1-3,5-8,11-12H,4,9-10H2,(H,23,25,28)(H,24,26,27). The third-order valence-corrected chi connectivity index (χ3v) is 5.60. The number of thiazole rings is 1. The lowest BCUT2D eigenvalue weighted by Gasteiger charge is -2.04. The molecule has 8 heteroatoms. The Balaban J connectivity index is 1.33. The van der Waals surface area contributed by atoms with Gasteiger partial charge in [-0.05, 0) is 30.7 Å². The van der Waals surface area contributed by atoms with E-state index >= 15 is 0 Å². The van der Waals surface area contributed by atoms with Crippen LogP contribution in [0.3, 0.4) is 0 Å². The van der Waals surface area contributed by atoms with Crippen LogP contribution in [0.15, 0.2) is 63.2 Å². The van der Waals surface area contributed by atoms with Gasteiger partial charge >= 0.3 is 0 Å². The van der Waals surface area contributed by atoms with Crippen molar-refractivity contribution in [3.63, 3.8) is 0 Å². The summed E-state index contributed by atoms with van der Waals surface area (Å²) < 4.78 is 0.980. The van der Waals surface area contributed by atoms with Crippen LogP contribution in [0.5, 0.6) is 0 Å². The second-order valence-corrected chi connectivity index (χ2v) is 8.25. The van der Waals surface area contributed by atoms with E-state index in [1.54, 1.807) is 6.07 Å². The van der Waals surface area contributed by atoms with Crippen LogP contribution in [0.4, 0.5) is 5.13 Å². The minimum atomic E-state index is -0.155. The van der Waals surface area contributed by atoms with Gasteiger partial charge in [0.1, 0.15) is 5.82 Å². The number of aryl methyl sites for hydroxylation is 1. The zero-order valence-corrected chi connectivity index (χ0v) is 17.7. The molecule has 2 aromatic heterocycles. The molecule has 29 heavy (non-hydrogen) atoms. The highest BCUT2D eigenvalue weighted by molar-refractivity contribution is 9.10. The van der Waals surface area contributed by atoms with Gasteiger partial charge in [0.25, 0.3) is 5.56 Å². The SMILES string of the molecule is O=C(CCCc1nc2ccccc2c(=O)[nH]1)Nc1nc(-c2cccc(Br)c2)cs1. The highest BCUT2D eigenvalue weighted by Gasteiger charge is 2.09. The molecule has 0 aliphatic carbocycles. The molecule has 0 aliphatic rings. The normalized spacial score (nSPS) is 10.9. The van der Waals surface area contributed by atoms with Crippen molar-refractivity contribution >= 4 is 49.2 Å². The predicted molar refractivity (Wildman–Crippen MR) is 119 cm³/mol. The monoisotopic (exact) mass is 468 g/mol. The van der Waals surface area contributed by atoms with E-state index < -0.39 is 0 Å². The average molecular weight is 469 g/mol. The Morgan fingerprint density at radius 2 is 2.00 bits per heavy atom. The van der Waals surface area contributed by atoms with Crippen molar-refractivity contribution in [2.45, 2.75) is 19.3 Å². The number of fused-ring (bicyclic) bond motifs is 1. The minimum absolute atomic E-state index is 0.108. The number of halogens is 1. The van der Waals surface area contributed by atoms with Crippen LogP contribution in [0.25, 0.3) is 22.2 Å². The van der Waals surface area contributed by atoms with Crippen LogP contribution < -0.4 is 10.9 Å². The molecule has 0 saturated heterocycles. The van der Waals surface area contributed by atoms with Crippen molar-refractivity contribution < 1.29 is 4.79 Å². The number of benzene rings is 2. The minimum Gasteiger partial charge on any atom is -0.310 e. The number of carbonyl (C=O) groups excluding carboxylic acids is 1. The molecule has 146 valence electrons. The Hall–Kier alpha value is -2.84. The van der Waals surface area contributed by atoms with Crippen molar-refractivity contribution in [2.75, 3.05) is 5.32 Å². The lowest BCUT2D eigenvalue weighted by molar-refractivity contribution is -0.116. The molecular weight excluding hydrogens is 452 g/mol. The summed E-state index contributed by atoms with van der Waals surface area (Å²) in [5, 5.41) is 5.90. The van der Waals surface area contributed by atoms with Gasteiger partial charge < -0.3 is 10.3 Å². The molecule has 0 atom stereocenters. The van der Waals surface area contributed by atoms with Gasteiger partial charge in [-0.15, -0.1) is 11.3 Å². The first-order chi connectivity index (χ1) is 14.1. The smallest absolute Gasteiger partial charge is 0.258 e. The fraction of sp³-hybridized carbons (Fsp3) is 0.143. The number of carbonyl (C=O) groups is 1. The van der Waals surface area contributed by atoms with Crippen molar-refractivity contribution in [1.82, 2.24) is 15.0 Å². The maximum Gasteiger partial charge on any atom is 0.258 e. The molecule has 0 aliphatic heterocycles. The molecular formula is C21H17BrN4O2S. The molecule has 2 heterocycles. The Kier molecular flexibility index (Phi) is 5.82. The second kappa shape index (κ2) is 8.67. The van der Waals surface area contributed by atoms with Gasteiger partial charge in [0.2, 0.25) is 5.91 Å². The van der Waals surface area contributed by atoms with E-state index in [1.165, 1.54) is 11.3 Å². The molecule has 4 rings (SSSR count). The van der Waals surface area contributed by atoms with Gasteiger partial charge in [0, 0.05) is 28.3 Å². The number of nitrogens with one attached hydrogen (secondary N) is 2. The number of anilines is 1. The maximum atomic E-state index is 12.2. The van der Waals surface area contributed by atoms with Gasteiger partial charge in [0.15, 0.2) is 5.13 Å². The number of H-pyrrole nitrogens is 1. The van der Waals surface area contributed by atoms with Gasteiger partial charge in [-0.2, -0.15) is 0 Å². The van der Waals surface area contributed by atoms with Gasteiger partial charge in [-0.25, -0.2) is 9.97 Å². The summed E-state index contributed by atoms with van der Waals surface area (Å²) >= 11 is 4.84. The number of aromatic nitrogens is 3. The van der Waals surface area contributed by atoms with Crippen LogP contribution in [-0.2, 0) is 11.2 Å². The maximum absolute atomic E-state index is 12.2. The molecule has 2 N–H and O–H groups in total. The van der Waals surface area contributed by atoms with Crippen molar-refractivity contribution in [2.24, 2.45) is 0 Å². The average Bonchev–Trinajstić information content (AvgIpc) is 3.16. The van der Waals surface area contributed by atoms with Gasteiger partial charge in [-0.3, -0.25) is 9.59 Å². The van der Waals surface area contributed by atoms with E-state index in [4.69, 9.17) is 0 Å². The molecule has 0 unspecified atom stereocenters. The summed E-state index contributed by atoms with van der Waals surface area (Å²) in [5.74, 6) is 0.482. The van der Waals surface area contributed by atoms with Crippen molar-refractivity contribution in [3.05, 3.63) is 74.6 Å². The molecule has 0 bridgehead atoms. The van der Waals surface area contributed by atoms with E-state index in [9.17, 15) is 9.59 Å². The van der Waals surface area contributed by atoms with E-state index in [-0.39, 0.29) is 11.5 Å². The summed E-state index contributed by atoms with van der Waals surface area (Å²) in [5.41, 5.74) is 2.32. The Labute approximate surface area is 179 Å². The summed E-state index contributed by atoms with van der Waals surface area (Å²) in [6.07, 6.45) is 1.42. The first-order valence-corrected chi connectivity index (χ1v) is 10.7. The highest BCUT2D eigenvalue weighted by Crippen LogP contribution is 2.27. The van der Waals surface area contributed by atoms with Crippen LogP contribution in [-0.4, -0.2) is 20.9 Å². The van der Waals surface area contributed by atoms with Crippen molar-refractivity contribution in [3.8, 4) is 11.3 Å².